The van der Waals surface area contributed by atoms with Gasteiger partial charge in [0.2, 0.25) is 0 Å². The van der Waals surface area contributed by atoms with Gasteiger partial charge in [0.25, 0.3) is 0 Å². The maximum absolute atomic E-state index is 3.43. The van der Waals surface area contributed by atoms with E-state index in [-0.39, 0.29) is 5.41 Å². The van der Waals surface area contributed by atoms with Crippen LogP contribution in [0.4, 0.5) is 0 Å². The summed E-state index contributed by atoms with van der Waals surface area (Å²) in [5.74, 6) is 0. The van der Waals surface area contributed by atoms with E-state index in [1.807, 2.05) is 12.1 Å². The summed E-state index contributed by atoms with van der Waals surface area (Å²) in [6.07, 6.45) is 0. The van der Waals surface area contributed by atoms with E-state index in [9.17, 15) is 0 Å². The van der Waals surface area contributed by atoms with Crippen molar-refractivity contribution in [3.05, 3.63) is 34.3 Å². The van der Waals surface area contributed by atoms with E-state index in [1.165, 1.54) is 5.56 Å². The van der Waals surface area contributed by atoms with Crippen LogP contribution in [0.2, 0.25) is 0 Å². The van der Waals surface area contributed by atoms with Gasteiger partial charge in [0, 0.05) is 4.47 Å². The van der Waals surface area contributed by atoms with Crippen LogP contribution in [0.5, 0.6) is 0 Å². The quantitative estimate of drug-likeness (QED) is 0.616. The Balaban J connectivity index is 3.06. The lowest BCUT2D eigenvalue weighted by molar-refractivity contribution is 0.589. The first-order valence-electron chi connectivity index (χ1n) is 3.68. The Labute approximate surface area is 76.8 Å². The van der Waals surface area contributed by atoms with Gasteiger partial charge in [-0.05, 0) is 29.2 Å². The van der Waals surface area contributed by atoms with Gasteiger partial charge in [0.1, 0.15) is 0 Å². The fourth-order valence-corrected chi connectivity index (χ4v) is 1.23. The molecule has 0 nitrogen and oxygen atoms in total. The van der Waals surface area contributed by atoms with Crippen LogP contribution >= 0.6 is 15.9 Å². The molecule has 0 amide bonds. The number of rotatable bonds is 0. The fourth-order valence-electron chi connectivity index (χ4n) is 0.872. The topological polar surface area (TPSA) is 0 Å². The van der Waals surface area contributed by atoms with Crippen molar-refractivity contribution in [2.75, 3.05) is 0 Å². The second-order valence-corrected chi connectivity index (χ2v) is 4.59. The standard InChI is InChI=1S/C10H12Br/c1-10(2,3)8-5-4-6-9(11)7-8/h4,6-7H,1-3H3. The maximum Gasteiger partial charge on any atom is 0.0178 e. The van der Waals surface area contributed by atoms with E-state index >= 15 is 0 Å². The van der Waals surface area contributed by atoms with Crippen molar-refractivity contribution in [1.29, 1.82) is 0 Å². The predicted molar refractivity (Wildman–Crippen MR) is 51.7 cm³/mol. The Morgan fingerprint density at radius 2 is 2.00 bits per heavy atom. The molecule has 1 aromatic rings. The minimum atomic E-state index is 0.198. The fraction of sp³-hybridized carbons (Fsp3) is 0.400. The molecule has 0 saturated heterocycles. The second-order valence-electron chi connectivity index (χ2n) is 3.67. The third-order valence-corrected chi connectivity index (χ3v) is 2.06. The van der Waals surface area contributed by atoms with Crippen molar-refractivity contribution in [2.45, 2.75) is 26.2 Å². The molecular formula is C10H12Br. The highest BCUT2D eigenvalue weighted by Gasteiger charge is 2.12. The van der Waals surface area contributed by atoms with E-state index in [1.54, 1.807) is 0 Å². The summed E-state index contributed by atoms with van der Waals surface area (Å²) in [4.78, 5) is 0. The highest BCUT2D eigenvalue weighted by Crippen LogP contribution is 2.23. The van der Waals surface area contributed by atoms with Crippen LogP contribution in [-0.2, 0) is 5.41 Å². The number of halogens is 1. The van der Waals surface area contributed by atoms with Gasteiger partial charge in [-0.3, -0.25) is 0 Å². The summed E-state index contributed by atoms with van der Waals surface area (Å²) in [6, 6.07) is 9.27. The molecule has 0 bridgehead atoms. The van der Waals surface area contributed by atoms with Crippen molar-refractivity contribution < 1.29 is 0 Å². The minimum Gasteiger partial charge on any atom is -0.0561 e. The largest absolute Gasteiger partial charge is 0.0561 e. The molecule has 11 heavy (non-hydrogen) atoms. The number of hydrogen-bond donors (Lipinski definition) is 0. The van der Waals surface area contributed by atoms with E-state index in [0.29, 0.717) is 0 Å². The van der Waals surface area contributed by atoms with Gasteiger partial charge in [-0.1, -0.05) is 42.8 Å². The molecule has 1 aromatic carbocycles. The third kappa shape index (κ3) is 2.33. The van der Waals surface area contributed by atoms with E-state index in [4.69, 9.17) is 0 Å². The van der Waals surface area contributed by atoms with E-state index in [2.05, 4.69) is 48.8 Å². The zero-order chi connectivity index (χ0) is 8.48. The summed E-state index contributed by atoms with van der Waals surface area (Å²) in [7, 11) is 0. The Kier molecular flexibility index (Phi) is 2.38. The lowest BCUT2D eigenvalue weighted by Gasteiger charge is -2.18. The van der Waals surface area contributed by atoms with E-state index < -0.39 is 0 Å². The average Bonchev–Trinajstić information content (AvgIpc) is 1.86. The zero-order valence-corrected chi connectivity index (χ0v) is 8.70. The summed E-state index contributed by atoms with van der Waals surface area (Å²) in [5, 5.41) is 0. The smallest absolute Gasteiger partial charge is 0.0178 e. The molecule has 0 atom stereocenters. The molecule has 0 aliphatic carbocycles. The molecule has 0 N–H and O–H groups in total. The van der Waals surface area contributed by atoms with Gasteiger partial charge in [0.15, 0.2) is 0 Å². The summed E-state index contributed by atoms with van der Waals surface area (Å²) < 4.78 is 1.13. The van der Waals surface area contributed by atoms with Crippen molar-refractivity contribution >= 4 is 15.9 Å². The molecule has 0 aliphatic rings. The van der Waals surface area contributed by atoms with Gasteiger partial charge in [-0.25, -0.2) is 0 Å². The zero-order valence-electron chi connectivity index (χ0n) is 7.11. The molecule has 1 radical (unpaired) electrons. The SMILES string of the molecule is CC(C)(C)c1[c]ccc(Br)c1. The normalized spacial score (nSPS) is 11.6. The average molecular weight is 212 g/mol. The van der Waals surface area contributed by atoms with Gasteiger partial charge < -0.3 is 0 Å². The molecule has 0 unspecified atom stereocenters. The molecular weight excluding hydrogens is 200 g/mol. The number of hydrogen-bond acceptors (Lipinski definition) is 0. The highest BCUT2D eigenvalue weighted by molar-refractivity contribution is 9.10. The van der Waals surface area contributed by atoms with Crippen molar-refractivity contribution in [2.24, 2.45) is 0 Å². The molecule has 1 heteroatoms. The molecule has 0 aromatic heterocycles. The summed E-state index contributed by atoms with van der Waals surface area (Å²) in [5.41, 5.74) is 1.44. The van der Waals surface area contributed by atoms with Crippen LogP contribution in [0.15, 0.2) is 22.7 Å². The Hall–Kier alpha value is -0.300. The Morgan fingerprint density at radius 3 is 2.36 bits per heavy atom. The molecule has 0 spiro atoms. The van der Waals surface area contributed by atoms with Gasteiger partial charge >= 0.3 is 0 Å². The molecule has 0 aliphatic heterocycles. The van der Waals surface area contributed by atoms with Crippen molar-refractivity contribution in [3.8, 4) is 0 Å². The van der Waals surface area contributed by atoms with Gasteiger partial charge in [-0.2, -0.15) is 0 Å². The molecule has 0 heterocycles. The lowest BCUT2D eigenvalue weighted by atomic mass is 9.87. The summed E-state index contributed by atoms with van der Waals surface area (Å²) >= 11 is 3.43. The molecule has 59 valence electrons. The van der Waals surface area contributed by atoms with Crippen LogP contribution in [0.25, 0.3) is 0 Å². The first-order valence-corrected chi connectivity index (χ1v) is 4.47. The van der Waals surface area contributed by atoms with Gasteiger partial charge in [-0.15, -0.1) is 0 Å². The van der Waals surface area contributed by atoms with E-state index in [0.717, 1.165) is 4.47 Å². The predicted octanol–water partition coefficient (Wildman–Crippen LogP) is 3.55. The minimum absolute atomic E-state index is 0.198. The molecule has 0 saturated carbocycles. The number of benzene rings is 1. The van der Waals surface area contributed by atoms with Crippen LogP contribution < -0.4 is 0 Å². The highest BCUT2D eigenvalue weighted by atomic mass is 79.9. The van der Waals surface area contributed by atoms with Crippen LogP contribution in [0.3, 0.4) is 0 Å². The van der Waals surface area contributed by atoms with Crippen LogP contribution in [0, 0.1) is 6.07 Å². The first kappa shape index (κ1) is 8.79. The molecule has 0 fully saturated rings. The first-order chi connectivity index (χ1) is 5.00. The third-order valence-electron chi connectivity index (χ3n) is 1.57. The Bertz CT molecular complexity index is 245. The lowest BCUT2D eigenvalue weighted by Crippen LogP contribution is -2.10. The van der Waals surface area contributed by atoms with Crippen LogP contribution in [-0.4, -0.2) is 0 Å². The summed E-state index contributed by atoms with van der Waals surface area (Å²) in [6.45, 7) is 6.56. The monoisotopic (exact) mass is 211 g/mol. The maximum atomic E-state index is 3.43. The Morgan fingerprint density at radius 1 is 1.36 bits per heavy atom. The second kappa shape index (κ2) is 2.98. The van der Waals surface area contributed by atoms with Crippen molar-refractivity contribution in [1.82, 2.24) is 0 Å². The van der Waals surface area contributed by atoms with Gasteiger partial charge in [0.05, 0.1) is 0 Å². The van der Waals surface area contributed by atoms with Crippen molar-refractivity contribution in [3.63, 3.8) is 0 Å². The van der Waals surface area contributed by atoms with Crippen LogP contribution in [0.1, 0.15) is 26.3 Å². The molecule has 1 rings (SSSR count).